The van der Waals surface area contributed by atoms with E-state index in [0.29, 0.717) is 38.6 Å². The number of ether oxygens (including phenoxy) is 1. The van der Waals surface area contributed by atoms with Crippen LogP contribution < -0.4 is 5.32 Å². The first-order chi connectivity index (χ1) is 8.52. The van der Waals surface area contributed by atoms with Crippen LogP contribution in [0.5, 0.6) is 0 Å². The van der Waals surface area contributed by atoms with Crippen LogP contribution in [0.2, 0.25) is 0 Å². The SMILES string of the molecule is CC(C)COCCNC(=O)N1CCC[C@@H]1C(=O)O. The second kappa shape index (κ2) is 7.20. The third-order valence-electron chi connectivity index (χ3n) is 2.77. The highest BCUT2D eigenvalue weighted by atomic mass is 16.5. The normalized spacial score (nSPS) is 19.3. The summed E-state index contributed by atoms with van der Waals surface area (Å²) in [5, 5.41) is 11.6. The molecule has 0 aromatic heterocycles. The molecule has 0 unspecified atom stereocenters. The van der Waals surface area contributed by atoms with Crippen molar-refractivity contribution in [3.05, 3.63) is 0 Å². The Balaban J connectivity index is 2.22. The number of amides is 2. The van der Waals surface area contributed by atoms with Crippen LogP contribution in [0.4, 0.5) is 4.79 Å². The van der Waals surface area contributed by atoms with Gasteiger partial charge in [-0.1, -0.05) is 13.8 Å². The first-order valence-corrected chi connectivity index (χ1v) is 6.37. The molecule has 0 aromatic carbocycles. The van der Waals surface area contributed by atoms with E-state index in [1.165, 1.54) is 4.90 Å². The molecule has 0 saturated carbocycles. The molecular formula is C12H22N2O4. The van der Waals surface area contributed by atoms with Crippen molar-refractivity contribution in [3.63, 3.8) is 0 Å². The van der Waals surface area contributed by atoms with Crippen molar-refractivity contribution in [2.45, 2.75) is 32.7 Å². The van der Waals surface area contributed by atoms with E-state index in [2.05, 4.69) is 19.2 Å². The lowest BCUT2D eigenvalue weighted by Gasteiger charge is -2.21. The minimum Gasteiger partial charge on any atom is -0.480 e. The predicted octanol–water partition coefficient (Wildman–Crippen LogP) is 0.918. The van der Waals surface area contributed by atoms with Crippen LogP contribution in [-0.4, -0.2) is 54.4 Å². The maximum Gasteiger partial charge on any atom is 0.326 e. The van der Waals surface area contributed by atoms with E-state index in [9.17, 15) is 9.59 Å². The van der Waals surface area contributed by atoms with Crippen molar-refractivity contribution in [2.75, 3.05) is 26.3 Å². The highest BCUT2D eigenvalue weighted by molar-refractivity contribution is 5.83. The van der Waals surface area contributed by atoms with Crippen LogP contribution in [-0.2, 0) is 9.53 Å². The molecule has 0 aromatic rings. The number of urea groups is 1. The van der Waals surface area contributed by atoms with E-state index in [4.69, 9.17) is 9.84 Å². The summed E-state index contributed by atoms with van der Waals surface area (Å²) in [5.41, 5.74) is 0. The Morgan fingerprint density at radius 2 is 2.22 bits per heavy atom. The highest BCUT2D eigenvalue weighted by Gasteiger charge is 2.33. The first kappa shape index (κ1) is 14.8. The second-order valence-corrected chi connectivity index (χ2v) is 4.89. The summed E-state index contributed by atoms with van der Waals surface area (Å²) in [7, 11) is 0. The second-order valence-electron chi connectivity index (χ2n) is 4.89. The predicted molar refractivity (Wildman–Crippen MR) is 66.4 cm³/mol. The van der Waals surface area contributed by atoms with Gasteiger partial charge in [0.05, 0.1) is 6.61 Å². The van der Waals surface area contributed by atoms with Gasteiger partial charge in [-0.3, -0.25) is 0 Å². The number of aliphatic carboxylic acids is 1. The van der Waals surface area contributed by atoms with Crippen molar-refractivity contribution in [3.8, 4) is 0 Å². The number of nitrogens with one attached hydrogen (secondary N) is 1. The van der Waals surface area contributed by atoms with E-state index in [1.807, 2.05) is 0 Å². The summed E-state index contributed by atoms with van der Waals surface area (Å²) in [4.78, 5) is 24.1. The number of rotatable bonds is 6. The van der Waals surface area contributed by atoms with Gasteiger partial charge in [-0.2, -0.15) is 0 Å². The molecule has 6 heteroatoms. The van der Waals surface area contributed by atoms with Gasteiger partial charge in [0.15, 0.2) is 0 Å². The van der Waals surface area contributed by atoms with Gasteiger partial charge in [-0.05, 0) is 18.8 Å². The first-order valence-electron chi connectivity index (χ1n) is 6.37. The number of carbonyl (C=O) groups is 2. The third kappa shape index (κ3) is 4.52. The van der Waals surface area contributed by atoms with E-state index in [0.717, 1.165) is 6.42 Å². The quantitative estimate of drug-likeness (QED) is 0.694. The van der Waals surface area contributed by atoms with Crippen molar-refractivity contribution >= 4 is 12.0 Å². The number of carboxylic acids is 1. The summed E-state index contributed by atoms with van der Waals surface area (Å²) in [6.07, 6.45) is 1.28. The molecule has 0 bridgehead atoms. The zero-order valence-corrected chi connectivity index (χ0v) is 11.0. The Labute approximate surface area is 107 Å². The lowest BCUT2D eigenvalue weighted by atomic mass is 10.2. The molecule has 104 valence electrons. The van der Waals surface area contributed by atoms with E-state index < -0.39 is 12.0 Å². The molecule has 18 heavy (non-hydrogen) atoms. The summed E-state index contributed by atoms with van der Waals surface area (Å²) >= 11 is 0. The smallest absolute Gasteiger partial charge is 0.326 e. The Hall–Kier alpha value is -1.30. The molecule has 1 aliphatic rings. The lowest BCUT2D eigenvalue weighted by molar-refractivity contribution is -0.141. The van der Waals surface area contributed by atoms with Crippen LogP contribution in [0.25, 0.3) is 0 Å². The van der Waals surface area contributed by atoms with Gasteiger partial charge in [0.25, 0.3) is 0 Å². The van der Waals surface area contributed by atoms with Gasteiger partial charge >= 0.3 is 12.0 Å². The van der Waals surface area contributed by atoms with Gasteiger partial charge in [-0.15, -0.1) is 0 Å². The van der Waals surface area contributed by atoms with Crippen LogP contribution in [0.3, 0.4) is 0 Å². The number of likely N-dealkylation sites (tertiary alicyclic amines) is 1. The number of carbonyl (C=O) groups excluding carboxylic acids is 1. The summed E-state index contributed by atoms with van der Waals surface area (Å²) in [6, 6.07) is -0.991. The fraction of sp³-hybridized carbons (Fsp3) is 0.833. The average molecular weight is 258 g/mol. The van der Waals surface area contributed by atoms with E-state index >= 15 is 0 Å². The molecule has 1 fully saturated rings. The summed E-state index contributed by atoms with van der Waals surface area (Å²) < 4.78 is 5.33. The van der Waals surface area contributed by atoms with Crippen LogP contribution >= 0.6 is 0 Å². The van der Waals surface area contributed by atoms with Crippen molar-refractivity contribution < 1.29 is 19.4 Å². The van der Waals surface area contributed by atoms with Gasteiger partial charge in [0.2, 0.25) is 0 Å². The van der Waals surface area contributed by atoms with Crippen LogP contribution in [0.1, 0.15) is 26.7 Å². The molecular weight excluding hydrogens is 236 g/mol. The molecule has 1 atom stereocenters. The Bertz CT molecular complexity index is 294. The van der Waals surface area contributed by atoms with Gasteiger partial charge in [0, 0.05) is 19.7 Å². The van der Waals surface area contributed by atoms with Crippen LogP contribution in [0, 0.1) is 5.92 Å². The minimum absolute atomic E-state index is 0.312. The molecule has 2 amide bonds. The Morgan fingerprint density at radius 1 is 1.50 bits per heavy atom. The fourth-order valence-electron chi connectivity index (χ4n) is 1.92. The largest absolute Gasteiger partial charge is 0.480 e. The van der Waals surface area contributed by atoms with E-state index in [-0.39, 0.29) is 6.03 Å². The summed E-state index contributed by atoms with van der Waals surface area (Å²) in [6.45, 7) is 6.15. The number of hydrogen-bond acceptors (Lipinski definition) is 3. The molecule has 0 spiro atoms. The molecule has 0 aliphatic carbocycles. The van der Waals surface area contributed by atoms with Gasteiger partial charge < -0.3 is 20.1 Å². The number of carboxylic acid groups (broad SMARTS) is 1. The molecule has 0 radical (unpaired) electrons. The van der Waals surface area contributed by atoms with Crippen molar-refractivity contribution in [1.29, 1.82) is 0 Å². The molecule has 2 N–H and O–H groups in total. The van der Waals surface area contributed by atoms with Crippen LogP contribution in [0.15, 0.2) is 0 Å². The van der Waals surface area contributed by atoms with Gasteiger partial charge in [-0.25, -0.2) is 9.59 Å². The number of nitrogens with zero attached hydrogens (tertiary/aromatic N) is 1. The zero-order chi connectivity index (χ0) is 13.5. The molecule has 1 rings (SSSR count). The van der Waals surface area contributed by atoms with Crippen molar-refractivity contribution in [1.82, 2.24) is 10.2 Å². The maximum atomic E-state index is 11.8. The average Bonchev–Trinajstić information content (AvgIpc) is 2.76. The monoisotopic (exact) mass is 258 g/mol. The van der Waals surface area contributed by atoms with Crippen molar-refractivity contribution in [2.24, 2.45) is 5.92 Å². The Morgan fingerprint density at radius 3 is 2.83 bits per heavy atom. The van der Waals surface area contributed by atoms with E-state index in [1.54, 1.807) is 0 Å². The molecule has 6 nitrogen and oxygen atoms in total. The fourth-order valence-corrected chi connectivity index (χ4v) is 1.92. The molecule has 1 aliphatic heterocycles. The molecule has 1 saturated heterocycles. The highest BCUT2D eigenvalue weighted by Crippen LogP contribution is 2.16. The summed E-state index contributed by atoms with van der Waals surface area (Å²) in [5.74, 6) is -0.464. The molecule has 1 heterocycles. The minimum atomic E-state index is -0.932. The third-order valence-corrected chi connectivity index (χ3v) is 2.77. The van der Waals surface area contributed by atoms with Gasteiger partial charge in [0.1, 0.15) is 6.04 Å². The maximum absolute atomic E-state index is 11.8. The Kier molecular flexibility index (Phi) is 5.91. The lowest BCUT2D eigenvalue weighted by Crippen LogP contribution is -2.46. The topological polar surface area (TPSA) is 78.9 Å². The standard InChI is InChI=1S/C12H22N2O4/c1-9(2)8-18-7-5-13-12(17)14-6-3-4-10(14)11(15)16/h9-10H,3-8H2,1-2H3,(H,13,17)(H,15,16)/t10-/m1/s1. The zero-order valence-electron chi connectivity index (χ0n) is 11.0. The number of hydrogen-bond donors (Lipinski definition) is 2.